The first-order chi connectivity index (χ1) is 20.4. The third-order valence-corrected chi connectivity index (χ3v) is 9.17. The summed E-state index contributed by atoms with van der Waals surface area (Å²) < 4.78 is 5.88. The summed E-state index contributed by atoms with van der Waals surface area (Å²) in [6.45, 7) is 0.260. The van der Waals surface area contributed by atoms with Crippen LogP contribution in [0.1, 0.15) is 18.7 Å². The molecule has 3 atom stereocenters. The average Bonchev–Trinajstić information content (AvgIpc) is 3.77. The molecule has 5 N–H and O–H groups in total. The lowest BCUT2D eigenvalue weighted by Crippen LogP contribution is -2.71. The van der Waals surface area contributed by atoms with Crippen LogP contribution in [0, 0.1) is 0 Å². The molecule has 2 unspecified atom stereocenters. The second-order valence-corrected chi connectivity index (χ2v) is 12.1. The van der Waals surface area contributed by atoms with E-state index in [1.807, 2.05) is 28.9 Å². The van der Waals surface area contributed by atoms with Gasteiger partial charge in [0.2, 0.25) is 16.7 Å². The number of nitrogen functional groups attached to an aromatic ring is 1. The molecule has 1 aliphatic carbocycles. The van der Waals surface area contributed by atoms with Crippen molar-refractivity contribution in [3.8, 4) is 0 Å². The SMILES string of the molecule is Nc1nc(C(=NOC2C=CCC2)C(=O)NC2C(=O)N3C(C(=O)O)=C(C[n+]4ccc(Sc5nn[nH]n5)cc4)CS[C@@H]23)ns1. The molecule has 5 heterocycles. The molecular weight excluding hydrogens is 607 g/mol. The molecule has 2 amide bonds. The fourth-order valence-corrected chi connectivity index (χ4v) is 6.89. The largest absolute Gasteiger partial charge is 0.477 e. The fourth-order valence-electron chi connectivity index (χ4n) is 4.48. The number of carbonyl (C=O) groups excluding carboxylic acids is 2. The number of H-pyrrole nitrogens is 1. The molecule has 3 aromatic rings. The molecule has 0 bridgehead atoms. The number of hydrogen-bond acceptors (Lipinski definition) is 14. The van der Waals surface area contributed by atoms with Crippen LogP contribution in [0.2, 0.25) is 0 Å². The Morgan fingerprint density at radius 2 is 2.19 bits per heavy atom. The number of amides is 2. The number of nitrogens with one attached hydrogen (secondary N) is 2. The molecule has 16 nitrogen and oxygen atoms in total. The van der Waals surface area contributed by atoms with E-state index >= 15 is 0 Å². The molecule has 6 rings (SSSR count). The van der Waals surface area contributed by atoms with E-state index < -0.39 is 29.2 Å². The zero-order valence-corrected chi connectivity index (χ0v) is 23.9. The molecule has 1 saturated heterocycles. The number of nitrogens with two attached hydrogens (primary N) is 1. The Balaban J connectivity index is 1.16. The predicted octanol–water partition coefficient (Wildman–Crippen LogP) is -0.0498. The molecule has 0 spiro atoms. The van der Waals surface area contributed by atoms with Gasteiger partial charge in [-0.3, -0.25) is 14.5 Å². The lowest BCUT2D eigenvalue weighted by atomic mass is 10.0. The van der Waals surface area contributed by atoms with Crippen molar-refractivity contribution in [1.82, 2.24) is 40.2 Å². The summed E-state index contributed by atoms with van der Waals surface area (Å²) in [5, 5.41) is 30.4. The van der Waals surface area contributed by atoms with Crippen molar-refractivity contribution in [2.45, 2.75) is 47.0 Å². The van der Waals surface area contributed by atoms with Crippen LogP contribution in [0.25, 0.3) is 0 Å². The van der Waals surface area contributed by atoms with E-state index in [4.69, 9.17) is 10.6 Å². The Bertz CT molecular complexity index is 1610. The highest BCUT2D eigenvalue weighted by Crippen LogP contribution is 2.40. The lowest BCUT2D eigenvalue weighted by molar-refractivity contribution is -0.689. The molecule has 3 aliphatic rings. The molecule has 216 valence electrons. The minimum atomic E-state index is -1.22. The second-order valence-electron chi connectivity index (χ2n) is 9.17. The number of aliphatic carboxylic acids is 1. The van der Waals surface area contributed by atoms with E-state index in [2.05, 4.69) is 40.5 Å². The van der Waals surface area contributed by atoms with Gasteiger partial charge in [-0.15, -0.1) is 22.0 Å². The van der Waals surface area contributed by atoms with Crippen molar-refractivity contribution in [2.75, 3.05) is 11.5 Å². The Morgan fingerprint density at radius 1 is 1.36 bits per heavy atom. The summed E-state index contributed by atoms with van der Waals surface area (Å²) in [6, 6.07) is 2.72. The monoisotopic (exact) mass is 628 g/mol. The van der Waals surface area contributed by atoms with Gasteiger partial charge < -0.3 is 21.0 Å². The number of carboxylic acids is 1. The summed E-state index contributed by atoms with van der Waals surface area (Å²) in [7, 11) is 0. The number of carbonyl (C=O) groups is 3. The van der Waals surface area contributed by atoms with Crippen LogP contribution in [0.3, 0.4) is 0 Å². The van der Waals surface area contributed by atoms with Crippen molar-refractivity contribution in [3.63, 3.8) is 0 Å². The van der Waals surface area contributed by atoms with Crippen molar-refractivity contribution in [1.29, 1.82) is 0 Å². The van der Waals surface area contributed by atoms with Gasteiger partial charge in [-0.25, -0.2) is 9.36 Å². The smallest absolute Gasteiger partial charge is 0.352 e. The van der Waals surface area contributed by atoms with E-state index in [1.165, 1.54) is 28.4 Å². The summed E-state index contributed by atoms with van der Waals surface area (Å²) in [4.78, 5) is 50.4. The third kappa shape index (κ3) is 5.70. The number of allylic oxidation sites excluding steroid dienone is 1. The van der Waals surface area contributed by atoms with Crippen LogP contribution in [0.15, 0.2) is 63.2 Å². The van der Waals surface area contributed by atoms with Gasteiger partial charge in [0, 0.05) is 39.9 Å². The molecule has 1 fully saturated rings. The van der Waals surface area contributed by atoms with Crippen molar-refractivity contribution in [2.24, 2.45) is 5.16 Å². The number of oxime groups is 1. The summed E-state index contributed by atoms with van der Waals surface area (Å²) in [5.41, 5.74) is 5.95. The van der Waals surface area contributed by atoms with Gasteiger partial charge >= 0.3 is 5.97 Å². The highest BCUT2D eigenvalue weighted by Gasteiger charge is 2.55. The van der Waals surface area contributed by atoms with Gasteiger partial charge in [0.1, 0.15) is 23.2 Å². The first-order valence-electron chi connectivity index (χ1n) is 12.5. The van der Waals surface area contributed by atoms with Crippen LogP contribution in [0.5, 0.6) is 0 Å². The standard InChI is InChI=1S/C23H21N11O5S3/c24-22-26-17(30-42-22)14(29-39-12-3-1-2-4-12)18(35)25-15-19(36)34-16(21(37)38)11(10-40-20(15)34)9-33-7-5-13(6-8-33)41-23-27-31-32-28-23/h1,3,5-8,12,15,20H,2,4,9-10H2,(H4-,24,25,26,27,28,30,31,32,35,37,38)/p+1/t12?,15?,20-/m0/s1. The molecule has 19 heteroatoms. The Morgan fingerprint density at radius 3 is 2.86 bits per heavy atom. The van der Waals surface area contributed by atoms with Crippen molar-refractivity contribution in [3.05, 3.63) is 53.8 Å². The van der Waals surface area contributed by atoms with E-state index in [1.54, 1.807) is 12.4 Å². The lowest BCUT2D eigenvalue weighted by Gasteiger charge is -2.49. The van der Waals surface area contributed by atoms with Gasteiger partial charge in [0.25, 0.3) is 11.8 Å². The maximum Gasteiger partial charge on any atom is 0.352 e. The second kappa shape index (κ2) is 11.9. The third-order valence-electron chi connectivity index (χ3n) is 6.42. The Labute approximate surface area is 249 Å². The first kappa shape index (κ1) is 27.8. The number of pyridine rings is 1. The zero-order chi connectivity index (χ0) is 29.2. The van der Waals surface area contributed by atoms with E-state index in [9.17, 15) is 19.5 Å². The summed E-state index contributed by atoms with van der Waals surface area (Å²) in [6.07, 6.45) is 8.65. The average molecular weight is 629 g/mol. The van der Waals surface area contributed by atoms with E-state index in [0.29, 0.717) is 22.9 Å². The number of aromatic nitrogens is 7. The molecule has 0 radical (unpaired) electrons. The molecule has 2 aliphatic heterocycles. The van der Waals surface area contributed by atoms with Gasteiger partial charge in [-0.1, -0.05) is 11.2 Å². The summed E-state index contributed by atoms with van der Waals surface area (Å²) in [5.74, 6) is -2.17. The Hall–Kier alpha value is -4.36. The van der Waals surface area contributed by atoms with E-state index in [-0.39, 0.29) is 35.0 Å². The number of tetrazole rings is 1. The van der Waals surface area contributed by atoms with Gasteiger partial charge in [0.05, 0.1) is 0 Å². The van der Waals surface area contributed by atoms with Crippen molar-refractivity contribution >= 4 is 63.7 Å². The minimum Gasteiger partial charge on any atom is -0.477 e. The number of carboxylic acid groups (broad SMARTS) is 1. The number of nitrogens with zero attached hydrogens (tertiary/aromatic N) is 8. The minimum absolute atomic E-state index is 0.0240. The Kier molecular flexibility index (Phi) is 7.85. The highest BCUT2D eigenvalue weighted by molar-refractivity contribution is 8.00. The zero-order valence-electron chi connectivity index (χ0n) is 21.5. The molecule has 42 heavy (non-hydrogen) atoms. The normalized spacial score (nSPS) is 21.7. The number of hydrogen-bond donors (Lipinski definition) is 4. The van der Waals surface area contributed by atoms with Gasteiger partial charge in [-0.2, -0.15) is 14.6 Å². The highest BCUT2D eigenvalue weighted by atomic mass is 32.2. The maximum absolute atomic E-state index is 13.2. The number of β-lactam (4-membered cyclic amide) rings is 1. The molecule has 0 aromatic carbocycles. The van der Waals surface area contributed by atoms with Crippen LogP contribution in [0.4, 0.5) is 5.13 Å². The van der Waals surface area contributed by atoms with Gasteiger partial charge in [-0.05, 0) is 35.9 Å². The number of anilines is 1. The quantitative estimate of drug-likeness (QED) is 0.0762. The molecule has 0 saturated carbocycles. The molecule has 3 aromatic heterocycles. The van der Waals surface area contributed by atoms with Crippen molar-refractivity contribution < 1.29 is 28.9 Å². The van der Waals surface area contributed by atoms with Gasteiger partial charge in [0.15, 0.2) is 24.1 Å². The number of fused-ring (bicyclic) bond motifs is 1. The molecular formula is C23H22N11O5S3+. The topological polar surface area (TPSA) is 218 Å². The number of rotatable bonds is 10. The van der Waals surface area contributed by atoms with Crippen LogP contribution in [-0.2, 0) is 25.8 Å². The maximum atomic E-state index is 13.2. The summed E-state index contributed by atoms with van der Waals surface area (Å²) >= 11 is 3.58. The first-order valence-corrected chi connectivity index (χ1v) is 15.1. The predicted molar refractivity (Wildman–Crippen MR) is 149 cm³/mol. The fraction of sp³-hybridized carbons (Fsp3) is 0.304. The van der Waals surface area contributed by atoms with Crippen LogP contribution < -0.4 is 15.6 Å². The number of thioether (sulfide) groups is 1. The van der Waals surface area contributed by atoms with Crippen LogP contribution in [-0.4, -0.2) is 86.8 Å². The van der Waals surface area contributed by atoms with Crippen LogP contribution >= 0.6 is 35.1 Å². The van der Waals surface area contributed by atoms with E-state index in [0.717, 1.165) is 22.8 Å². The number of aromatic amines is 1.